The highest BCUT2D eigenvalue weighted by Gasteiger charge is 2.37. The Bertz CT molecular complexity index is 260. The molecule has 1 saturated heterocycles. The first kappa shape index (κ1) is 8.69. The van der Waals surface area contributed by atoms with E-state index in [9.17, 15) is 4.79 Å². The summed E-state index contributed by atoms with van der Waals surface area (Å²) in [7, 11) is 0. The number of hydrogen-bond acceptors (Lipinski definition) is 3. The van der Waals surface area contributed by atoms with Gasteiger partial charge < -0.3 is 5.32 Å². The predicted octanol–water partition coefficient (Wildman–Crippen LogP) is 0.202. The van der Waals surface area contributed by atoms with Gasteiger partial charge in [0.1, 0.15) is 0 Å². The molecule has 13 heavy (non-hydrogen) atoms. The number of amides is 1. The van der Waals surface area contributed by atoms with Crippen molar-refractivity contribution in [2.24, 2.45) is 11.0 Å². The second-order valence-electron chi connectivity index (χ2n) is 3.89. The van der Waals surface area contributed by atoms with Gasteiger partial charge in [0.2, 0.25) is 0 Å². The third-order valence-electron chi connectivity index (χ3n) is 2.57. The molecule has 1 unspecified atom stereocenters. The molecule has 0 bridgehead atoms. The summed E-state index contributed by atoms with van der Waals surface area (Å²) in [5.74, 6) is 0.259. The van der Waals surface area contributed by atoms with E-state index in [2.05, 4.69) is 10.4 Å². The number of piperidine rings is 1. The van der Waals surface area contributed by atoms with Crippen molar-refractivity contribution in [2.45, 2.75) is 26.3 Å². The third-order valence-corrected chi connectivity index (χ3v) is 2.57. The zero-order chi connectivity index (χ0) is 9.42. The van der Waals surface area contributed by atoms with Crippen LogP contribution in [0.4, 0.5) is 0 Å². The topological polar surface area (TPSA) is 44.7 Å². The van der Waals surface area contributed by atoms with Gasteiger partial charge in [0.05, 0.1) is 11.6 Å². The summed E-state index contributed by atoms with van der Waals surface area (Å²) in [4.78, 5) is 11.8. The number of hydrazone groups is 1. The zero-order valence-electron chi connectivity index (χ0n) is 8.08. The predicted molar refractivity (Wildman–Crippen MR) is 50.4 cm³/mol. The molecule has 2 rings (SSSR count). The minimum atomic E-state index is 0.0728. The van der Waals surface area contributed by atoms with Gasteiger partial charge in [-0.25, -0.2) is 5.01 Å². The molecular weight excluding hydrogens is 166 g/mol. The van der Waals surface area contributed by atoms with Crippen LogP contribution in [0.25, 0.3) is 0 Å². The van der Waals surface area contributed by atoms with Crippen LogP contribution in [0.5, 0.6) is 0 Å². The number of hydrogen-bond donors (Lipinski definition) is 1. The Labute approximate surface area is 78.0 Å². The van der Waals surface area contributed by atoms with Gasteiger partial charge in [0.25, 0.3) is 5.91 Å². The van der Waals surface area contributed by atoms with Crippen LogP contribution in [0.15, 0.2) is 5.10 Å². The molecule has 0 saturated carbocycles. The quantitative estimate of drug-likeness (QED) is 0.628. The highest BCUT2D eigenvalue weighted by atomic mass is 16.2. The van der Waals surface area contributed by atoms with Crippen molar-refractivity contribution in [3.63, 3.8) is 0 Å². The number of fused-ring (bicyclic) bond motifs is 1. The molecule has 0 aromatic rings. The summed E-state index contributed by atoms with van der Waals surface area (Å²) in [5.41, 5.74) is 1.02. The van der Waals surface area contributed by atoms with E-state index in [0.717, 1.165) is 25.2 Å². The van der Waals surface area contributed by atoms with Gasteiger partial charge in [-0.05, 0) is 26.8 Å². The molecule has 0 aliphatic carbocycles. The van der Waals surface area contributed by atoms with Gasteiger partial charge in [-0.1, -0.05) is 0 Å². The molecule has 4 nitrogen and oxygen atoms in total. The fourth-order valence-electron chi connectivity index (χ4n) is 1.84. The number of nitrogens with zero attached hydrogens (tertiary/aromatic N) is 2. The van der Waals surface area contributed by atoms with Crippen LogP contribution in [0, 0.1) is 5.92 Å². The molecule has 72 valence electrons. The Morgan fingerprint density at radius 3 is 3.00 bits per heavy atom. The Balaban J connectivity index is 2.19. The molecule has 1 atom stereocenters. The molecule has 0 spiro atoms. The lowest BCUT2D eigenvalue weighted by Gasteiger charge is -2.19. The van der Waals surface area contributed by atoms with E-state index in [1.165, 1.54) is 0 Å². The SMILES string of the molecule is CC(C)N1N=C2CNCCC2C1=O. The molecule has 2 heterocycles. The largest absolute Gasteiger partial charge is 0.311 e. The summed E-state index contributed by atoms with van der Waals surface area (Å²) in [6.45, 7) is 5.69. The van der Waals surface area contributed by atoms with Gasteiger partial charge in [-0.3, -0.25) is 4.79 Å². The fourth-order valence-corrected chi connectivity index (χ4v) is 1.84. The number of carbonyl (C=O) groups excluding carboxylic acids is 1. The van der Waals surface area contributed by atoms with Crippen molar-refractivity contribution < 1.29 is 4.79 Å². The molecule has 1 fully saturated rings. The van der Waals surface area contributed by atoms with Crippen LogP contribution in [0.1, 0.15) is 20.3 Å². The summed E-state index contributed by atoms with van der Waals surface area (Å²) >= 11 is 0. The maximum Gasteiger partial charge on any atom is 0.251 e. The molecule has 1 N–H and O–H groups in total. The van der Waals surface area contributed by atoms with Crippen molar-refractivity contribution in [3.8, 4) is 0 Å². The van der Waals surface area contributed by atoms with E-state index in [1.54, 1.807) is 5.01 Å². The van der Waals surface area contributed by atoms with E-state index in [1.807, 2.05) is 13.8 Å². The van der Waals surface area contributed by atoms with Crippen LogP contribution < -0.4 is 5.32 Å². The van der Waals surface area contributed by atoms with Gasteiger partial charge in [0.15, 0.2) is 0 Å². The van der Waals surface area contributed by atoms with E-state index in [4.69, 9.17) is 0 Å². The maximum absolute atomic E-state index is 11.8. The Morgan fingerprint density at radius 2 is 2.38 bits per heavy atom. The molecular formula is C9H15N3O. The third kappa shape index (κ3) is 1.35. The Hall–Kier alpha value is -0.900. The van der Waals surface area contributed by atoms with E-state index in [-0.39, 0.29) is 17.9 Å². The van der Waals surface area contributed by atoms with E-state index >= 15 is 0 Å². The molecule has 0 aromatic heterocycles. The standard InChI is InChI=1S/C9H15N3O/c1-6(2)12-9(13)7-3-4-10-5-8(7)11-12/h6-7,10H,3-5H2,1-2H3. The van der Waals surface area contributed by atoms with Crippen LogP contribution in [0.2, 0.25) is 0 Å². The van der Waals surface area contributed by atoms with Crippen LogP contribution >= 0.6 is 0 Å². The van der Waals surface area contributed by atoms with Crippen molar-refractivity contribution in [3.05, 3.63) is 0 Å². The second-order valence-corrected chi connectivity index (χ2v) is 3.89. The summed E-state index contributed by atoms with van der Waals surface area (Å²) in [6.07, 6.45) is 0.904. The zero-order valence-corrected chi connectivity index (χ0v) is 8.08. The average Bonchev–Trinajstić information content (AvgIpc) is 2.45. The molecule has 0 radical (unpaired) electrons. The van der Waals surface area contributed by atoms with Crippen molar-refractivity contribution >= 4 is 11.6 Å². The first-order valence-corrected chi connectivity index (χ1v) is 4.81. The first-order chi connectivity index (χ1) is 6.20. The van der Waals surface area contributed by atoms with E-state index < -0.39 is 0 Å². The van der Waals surface area contributed by atoms with Crippen molar-refractivity contribution in [1.82, 2.24) is 10.3 Å². The number of rotatable bonds is 1. The van der Waals surface area contributed by atoms with Crippen molar-refractivity contribution in [2.75, 3.05) is 13.1 Å². The Morgan fingerprint density at radius 1 is 1.62 bits per heavy atom. The minimum Gasteiger partial charge on any atom is -0.311 e. The minimum absolute atomic E-state index is 0.0728. The highest BCUT2D eigenvalue weighted by Crippen LogP contribution is 2.22. The van der Waals surface area contributed by atoms with Gasteiger partial charge in [0, 0.05) is 12.6 Å². The molecule has 1 amide bonds. The molecule has 0 aromatic carbocycles. The maximum atomic E-state index is 11.8. The highest BCUT2D eigenvalue weighted by molar-refractivity contribution is 6.09. The molecule has 2 aliphatic rings. The lowest BCUT2D eigenvalue weighted by molar-refractivity contribution is -0.133. The van der Waals surface area contributed by atoms with Gasteiger partial charge in [-0.15, -0.1) is 0 Å². The summed E-state index contributed by atoms with van der Waals surface area (Å²) in [5, 5.41) is 9.17. The van der Waals surface area contributed by atoms with Gasteiger partial charge in [-0.2, -0.15) is 5.10 Å². The lowest BCUT2D eigenvalue weighted by Crippen LogP contribution is -2.39. The second kappa shape index (κ2) is 3.10. The number of nitrogens with one attached hydrogen (secondary N) is 1. The normalized spacial score (nSPS) is 27.9. The first-order valence-electron chi connectivity index (χ1n) is 4.81. The monoisotopic (exact) mass is 181 g/mol. The van der Waals surface area contributed by atoms with Crippen molar-refractivity contribution in [1.29, 1.82) is 0 Å². The van der Waals surface area contributed by atoms with Crippen LogP contribution in [0.3, 0.4) is 0 Å². The van der Waals surface area contributed by atoms with Crippen LogP contribution in [-0.2, 0) is 4.79 Å². The lowest BCUT2D eigenvalue weighted by atomic mass is 9.96. The number of carbonyl (C=O) groups is 1. The van der Waals surface area contributed by atoms with E-state index in [0.29, 0.717) is 0 Å². The smallest absolute Gasteiger partial charge is 0.251 e. The summed E-state index contributed by atoms with van der Waals surface area (Å²) in [6, 6.07) is 0.186. The Kier molecular flexibility index (Phi) is 2.07. The average molecular weight is 181 g/mol. The molecule has 2 aliphatic heterocycles. The fraction of sp³-hybridized carbons (Fsp3) is 0.778. The molecule has 4 heteroatoms. The van der Waals surface area contributed by atoms with Crippen LogP contribution in [-0.4, -0.2) is 35.8 Å². The van der Waals surface area contributed by atoms with Gasteiger partial charge >= 0.3 is 0 Å². The summed E-state index contributed by atoms with van der Waals surface area (Å²) < 4.78 is 0.